The molecule has 142 valence electrons. The van der Waals surface area contributed by atoms with Gasteiger partial charge in [-0.1, -0.05) is 30.3 Å². The van der Waals surface area contributed by atoms with E-state index in [1.165, 1.54) is 18.4 Å². The summed E-state index contributed by atoms with van der Waals surface area (Å²) in [6.07, 6.45) is 5.73. The first-order valence-corrected chi connectivity index (χ1v) is 10.3. The lowest BCUT2D eigenvalue weighted by Gasteiger charge is -2.30. The maximum absolute atomic E-state index is 11.0. The molecule has 0 spiro atoms. The molecule has 0 aromatic heterocycles. The summed E-state index contributed by atoms with van der Waals surface area (Å²) in [6.45, 7) is 0.854. The smallest absolute Gasteiger partial charge is 0.208 e. The van der Waals surface area contributed by atoms with Crippen LogP contribution in [0.2, 0.25) is 0 Å². The topological polar surface area (TPSA) is 82.6 Å². The Kier molecular flexibility index (Phi) is 9.73. The van der Waals surface area contributed by atoms with Crippen molar-refractivity contribution in [2.45, 2.75) is 37.6 Å². The summed E-state index contributed by atoms with van der Waals surface area (Å²) in [6, 6.07) is 11.1. The first kappa shape index (κ1) is 22.2. The van der Waals surface area contributed by atoms with E-state index in [2.05, 4.69) is 50.7 Å². The zero-order valence-electron chi connectivity index (χ0n) is 14.9. The van der Waals surface area contributed by atoms with Gasteiger partial charge in [0.05, 0.1) is 6.26 Å². The number of hydrogen-bond acceptors (Lipinski definition) is 3. The standard InChI is InChI=1S/C17H28N4O2S.HI/c1-18-17(19-12-13-20-24(2,22)23)21-16-10-8-15(9-11-16)14-6-4-3-5-7-14;/h3-7,15-16,20H,8-13H2,1-2H3,(H2,18,19,21);1H. The molecular formula is C17H29IN4O2S. The molecule has 1 fully saturated rings. The van der Waals surface area contributed by atoms with Crippen LogP contribution in [0.5, 0.6) is 0 Å². The van der Waals surface area contributed by atoms with Crippen molar-refractivity contribution in [1.29, 1.82) is 0 Å². The van der Waals surface area contributed by atoms with Crippen molar-refractivity contribution in [3.8, 4) is 0 Å². The van der Waals surface area contributed by atoms with Gasteiger partial charge in [-0.3, -0.25) is 4.99 Å². The molecule has 0 bridgehead atoms. The van der Waals surface area contributed by atoms with Crippen molar-refractivity contribution in [1.82, 2.24) is 15.4 Å². The van der Waals surface area contributed by atoms with Crippen LogP contribution in [0, 0.1) is 0 Å². The van der Waals surface area contributed by atoms with Gasteiger partial charge in [0, 0.05) is 26.2 Å². The molecule has 2 rings (SSSR count). The molecule has 0 aliphatic heterocycles. The molecule has 1 saturated carbocycles. The van der Waals surface area contributed by atoms with Crippen LogP contribution in [0.3, 0.4) is 0 Å². The highest BCUT2D eigenvalue weighted by Gasteiger charge is 2.22. The second-order valence-electron chi connectivity index (χ2n) is 6.27. The molecule has 1 aliphatic carbocycles. The Morgan fingerprint density at radius 2 is 1.76 bits per heavy atom. The van der Waals surface area contributed by atoms with Gasteiger partial charge in [-0.05, 0) is 37.2 Å². The van der Waals surface area contributed by atoms with Crippen molar-refractivity contribution in [3.05, 3.63) is 35.9 Å². The normalized spacial score (nSPS) is 21.3. The van der Waals surface area contributed by atoms with E-state index < -0.39 is 10.0 Å². The number of nitrogens with zero attached hydrogens (tertiary/aromatic N) is 1. The van der Waals surface area contributed by atoms with E-state index >= 15 is 0 Å². The number of benzene rings is 1. The molecule has 3 N–H and O–H groups in total. The second kappa shape index (κ2) is 11.0. The summed E-state index contributed by atoms with van der Waals surface area (Å²) in [5.41, 5.74) is 1.44. The number of aliphatic imine (C=N–C) groups is 1. The van der Waals surface area contributed by atoms with Gasteiger partial charge >= 0.3 is 0 Å². The van der Waals surface area contributed by atoms with E-state index in [-0.39, 0.29) is 24.0 Å². The molecule has 0 saturated heterocycles. The van der Waals surface area contributed by atoms with Gasteiger partial charge in [-0.2, -0.15) is 0 Å². The lowest BCUT2D eigenvalue weighted by Crippen LogP contribution is -2.46. The van der Waals surface area contributed by atoms with Gasteiger partial charge in [0.25, 0.3) is 0 Å². The highest BCUT2D eigenvalue weighted by molar-refractivity contribution is 14.0. The van der Waals surface area contributed by atoms with Crippen molar-refractivity contribution < 1.29 is 8.42 Å². The Bertz CT molecular complexity index is 629. The zero-order valence-corrected chi connectivity index (χ0v) is 18.0. The average molecular weight is 480 g/mol. The van der Waals surface area contributed by atoms with Crippen molar-refractivity contribution in [2.24, 2.45) is 4.99 Å². The zero-order chi connectivity index (χ0) is 17.4. The molecule has 0 unspecified atom stereocenters. The lowest BCUT2D eigenvalue weighted by atomic mass is 9.82. The van der Waals surface area contributed by atoms with E-state index in [0.717, 1.165) is 25.1 Å². The third kappa shape index (κ3) is 8.37. The molecule has 1 aromatic rings. The first-order chi connectivity index (χ1) is 11.5. The molecule has 1 aliphatic rings. The lowest BCUT2D eigenvalue weighted by molar-refractivity contribution is 0.371. The van der Waals surface area contributed by atoms with Crippen LogP contribution in [0.1, 0.15) is 37.2 Å². The molecule has 25 heavy (non-hydrogen) atoms. The van der Waals surface area contributed by atoms with Gasteiger partial charge in [0.15, 0.2) is 5.96 Å². The molecule has 0 radical (unpaired) electrons. The fourth-order valence-corrected chi connectivity index (χ4v) is 3.57. The van der Waals surface area contributed by atoms with Gasteiger partial charge in [-0.25, -0.2) is 13.1 Å². The Hall–Kier alpha value is -0.870. The molecule has 8 heteroatoms. The molecule has 6 nitrogen and oxygen atoms in total. The summed E-state index contributed by atoms with van der Waals surface area (Å²) in [7, 11) is -1.41. The summed E-state index contributed by atoms with van der Waals surface area (Å²) in [4.78, 5) is 4.21. The third-order valence-electron chi connectivity index (χ3n) is 4.34. The molecule has 0 amide bonds. The van der Waals surface area contributed by atoms with Crippen LogP contribution in [-0.2, 0) is 10.0 Å². The van der Waals surface area contributed by atoms with E-state index in [0.29, 0.717) is 25.0 Å². The Labute approximate surface area is 168 Å². The van der Waals surface area contributed by atoms with E-state index in [1.54, 1.807) is 7.05 Å². The van der Waals surface area contributed by atoms with Gasteiger partial charge in [0.1, 0.15) is 0 Å². The minimum Gasteiger partial charge on any atom is -0.355 e. The van der Waals surface area contributed by atoms with Crippen LogP contribution in [-0.4, -0.2) is 46.8 Å². The summed E-state index contributed by atoms with van der Waals surface area (Å²) in [5, 5.41) is 6.58. The number of guanidine groups is 1. The summed E-state index contributed by atoms with van der Waals surface area (Å²) < 4.78 is 24.5. The fourth-order valence-electron chi connectivity index (χ4n) is 3.10. The maximum atomic E-state index is 11.0. The number of sulfonamides is 1. The monoisotopic (exact) mass is 480 g/mol. The van der Waals surface area contributed by atoms with Crippen LogP contribution in [0.4, 0.5) is 0 Å². The second-order valence-corrected chi connectivity index (χ2v) is 8.10. The Morgan fingerprint density at radius 1 is 1.12 bits per heavy atom. The molecular weight excluding hydrogens is 451 g/mol. The Morgan fingerprint density at radius 3 is 2.32 bits per heavy atom. The Balaban J connectivity index is 0.00000312. The van der Waals surface area contributed by atoms with Gasteiger partial charge in [0.2, 0.25) is 10.0 Å². The quantitative estimate of drug-likeness (QED) is 0.252. The van der Waals surface area contributed by atoms with Crippen LogP contribution < -0.4 is 15.4 Å². The first-order valence-electron chi connectivity index (χ1n) is 8.44. The summed E-state index contributed by atoms with van der Waals surface area (Å²) in [5.74, 6) is 1.38. The van der Waals surface area contributed by atoms with Crippen LogP contribution in [0.25, 0.3) is 0 Å². The molecule has 1 aromatic carbocycles. The summed E-state index contributed by atoms with van der Waals surface area (Å²) >= 11 is 0. The minimum atomic E-state index is -3.14. The highest BCUT2D eigenvalue weighted by Crippen LogP contribution is 2.32. The van der Waals surface area contributed by atoms with Crippen molar-refractivity contribution in [2.75, 3.05) is 26.4 Å². The number of hydrogen-bond donors (Lipinski definition) is 3. The number of nitrogens with one attached hydrogen (secondary N) is 3. The minimum absolute atomic E-state index is 0. The maximum Gasteiger partial charge on any atom is 0.208 e. The van der Waals surface area contributed by atoms with E-state index in [1.807, 2.05) is 0 Å². The SMILES string of the molecule is CN=C(NCCNS(C)(=O)=O)NC1CCC(c2ccccc2)CC1.I. The number of halogens is 1. The number of rotatable bonds is 6. The van der Waals surface area contributed by atoms with E-state index in [9.17, 15) is 8.42 Å². The van der Waals surface area contributed by atoms with Gasteiger partial charge in [-0.15, -0.1) is 24.0 Å². The molecule has 0 atom stereocenters. The largest absolute Gasteiger partial charge is 0.355 e. The van der Waals surface area contributed by atoms with Crippen LogP contribution >= 0.6 is 24.0 Å². The molecule has 0 heterocycles. The van der Waals surface area contributed by atoms with E-state index in [4.69, 9.17) is 0 Å². The van der Waals surface area contributed by atoms with Crippen molar-refractivity contribution in [3.63, 3.8) is 0 Å². The predicted octanol–water partition coefficient (Wildman–Crippen LogP) is 2.05. The highest BCUT2D eigenvalue weighted by atomic mass is 127. The van der Waals surface area contributed by atoms with Crippen molar-refractivity contribution >= 4 is 40.0 Å². The predicted molar refractivity (Wildman–Crippen MR) is 114 cm³/mol. The fraction of sp³-hybridized carbons (Fsp3) is 0.588. The van der Waals surface area contributed by atoms with Crippen LogP contribution in [0.15, 0.2) is 35.3 Å². The third-order valence-corrected chi connectivity index (χ3v) is 5.07. The van der Waals surface area contributed by atoms with Gasteiger partial charge < -0.3 is 10.6 Å². The average Bonchev–Trinajstić information content (AvgIpc) is 2.58.